The first-order valence-electron chi connectivity index (χ1n) is 8.89. The quantitative estimate of drug-likeness (QED) is 0.204. The standard InChI is InChI=1S/C16H21N4O7P/c21-14-15(22)19-13-10(6-11(20(23)24)7-12(13)18-14)8-17-16(28(25,26)27)9-4-2-1-3-5-9/h6-7,9,16-17H,1-5,8H2,(H,18,21)(H,19,22)(H2,25,26,27). The normalized spacial score (nSPS) is 16.9. The maximum absolute atomic E-state index is 12.0. The fraction of sp³-hybridized carbons (Fsp3) is 0.500. The molecule has 1 unspecified atom stereocenters. The maximum Gasteiger partial charge on any atom is 0.342 e. The van der Waals surface area contributed by atoms with Gasteiger partial charge in [-0.25, -0.2) is 0 Å². The van der Waals surface area contributed by atoms with Crippen molar-refractivity contribution in [1.82, 2.24) is 15.3 Å². The molecule has 2 aromatic rings. The zero-order chi connectivity index (χ0) is 20.5. The molecule has 0 saturated heterocycles. The summed E-state index contributed by atoms with van der Waals surface area (Å²) >= 11 is 0. The fourth-order valence-electron chi connectivity index (χ4n) is 3.75. The van der Waals surface area contributed by atoms with Gasteiger partial charge in [0, 0.05) is 18.7 Å². The number of non-ortho nitro benzene ring substituents is 1. The molecule has 11 nitrogen and oxygen atoms in total. The van der Waals surface area contributed by atoms with Gasteiger partial charge in [-0.05, 0) is 24.3 Å². The molecule has 1 aromatic heterocycles. The number of H-pyrrole nitrogens is 2. The zero-order valence-electron chi connectivity index (χ0n) is 14.9. The Morgan fingerprint density at radius 2 is 1.82 bits per heavy atom. The zero-order valence-corrected chi connectivity index (χ0v) is 15.8. The molecule has 1 fully saturated rings. The summed E-state index contributed by atoms with van der Waals surface area (Å²) in [4.78, 5) is 58.0. The largest absolute Gasteiger partial charge is 0.342 e. The van der Waals surface area contributed by atoms with E-state index in [1.54, 1.807) is 0 Å². The molecule has 1 atom stereocenters. The van der Waals surface area contributed by atoms with Crippen LogP contribution >= 0.6 is 7.60 Å². The molecule has 0 aliphatic heterocycles. The minimum atomic E-state index is -4.46. The molecule has 12 heteroatoms. The highest BCUT2D eigenvalue weighted by Gasteiger charge is 2.36. The van der Waals surface area contributed by atoms with E-state index in [-0.39, 0.29) is 34.7 Å². The third-order valence-corrected chi connectivity index (χ3v) is 6.40. The van der Waals surface area contributed by atoms with Gasteiger partial charge in [0.2, 0.25) is 0 Å². The predicted molar refractivity (Wildman–Crippen MR) is 101 cm³/mol. The van der Waals surface area contributed by atoms with Crippen LogP contribution in [-0.2, 0) is 11.1 Å². The van der Waals surface area contributed by atoms with Gasteiger partial charge < -0.3 is 19.8 Å². The molecule has 1 aromatic carbocycles. The summed E-state index contributed by atoms with van der Waals surface area (Å²) in [5, 5.41) is 14.0. The van der Waals surface area contributed by atoms with E-state index in [1.165, 1.54) is 6.07 Å². The van der Waals surface area contributed by atoms with Crippen molar-refractivity contribution < 1.29 is 19.3 Å². The van der Waals surface area contributed by atoms with E-state index in [0.29, 0.717) is 12.8 Å². The van der Waals surface area contributed by atoms with E-state index in [9.17, 15) is 34.1 Å². The Labute approximate surface area is 158 Å². The van der Waals surface area contributed by atoms with Crippen LogP contribution in [-0.4, -0.2) is 30.5 Å². The van der Waals surface area contributed by atoms with Crippen molar-refractivity contribution in [2.45, 2.75) is 44.4 Å². The number of nitro groups is 1. The Morgan fingerprint density at radius 1 is 1.18 bits per heavy atom. The van der Waals surface area contributed by atoms with E-state index < -0.39 is 29.4 Å². The number of benzene rings is 1. The second-order valence-corrected chi connectivity index (χ2v) is 8.74. The van der Waals surface area contributed by atoms with E-state index in [1.807, 2.05) is 0 Å². The molecule has 5 N–H and O–H groups in total. The number of fused-ring (bicyclic) bond motifs is 1. The number of nitrogens with zero attached hydrogens (tertiary/aromatic N) is 1. The van der Waals surface area contributed by atoms with E-state index in [0.717, 1.165) is 25.3 Å². The molecule has 0 spiro atoms. The first-order valence-corrected chi connectivity index (χ1v) is 10.6. The van der Waals surface area contributed by atoms with Crippen molar-refractivity contribution in [2.24, 2.45) is 5.92 Å². The Bertz CT molecular complexity index is 1050. The molecule has 1 aliphatic rings. The van der Waals surface area contributed by atoms with Gasteiger partial charge in [-0.1, -0.05) is 19.3 Å². The second kappa shape index (κ2) is 7.96. The van der Waals surface area contributed by atoms with Gasteiger partial charge in [-0.3, -0.25) is 29.6 Å². The summed E-state index contributed by atoms with van der Waals surface area (Å²) in [6.07, 6.45) is 4.16. The molecule has 1 aliphatic carbocycles. The summed E-state index contributed by atoms with van der Waals surface area (Å²) < 4.78 is 12.0. The number of aromatic amines is 2. The van der Waals surface area contributed by atoms with Gasteiger partial charge in [0.1, 0.15) is 5.78 Å². The van der Waals surface area contributed by atoms with Crippen LogP contribution in [0.3, 0.4) is 0 Å². The molecule has 28 heavy (non-hydrogen) atoms. The Hall–Kier alpha value is -2.33. The van der Waals surface area contributed by atoms with E-state index in [2.05, 4.69) is 15.3 Å². The number of aromatic nitrogens is 2. The maximum atomic E-state index is 12.0. The van der Waals surface area contributed by atoms with Crippen molar-refractivity contribution in [3.05, 3.63) is 48.5 Å². The lowest BCUT2D eigenvalue weighted by Gasteiger charge is -2.31. The molecule has 3 rings (SSSR count). The molecular weight excluding hydrogens is 391 g/mol. The minimum Gasteiger partial charge on any atom is -0.323 e. The number of nitro benzene ring substituents is 1. The van der Waals surface area contributed by atoms with Gasteiger partial charge in [0.25, 0.3) is 5.69 Å². The van der Waals surface area contributed by atoms with Crippen LogP contribution in [0.2, 0.25) is 0 Å². The second-order valence-electron chi connectivity index (χ2n) is 7.01. The number of nitrogens with one attached hydrogen (secondary N) is 3. The lowest BCUT2D eigenvalue weighted by Crippen LogP contribution is -2.37. The van der Waals surface area contributed by atoms with Crippen molar-refractivity contribution >= 4 is 24.3 Å². The van der Waals surface area contributed by atoms with Crippen LogP contribution in [0.25, 0.3) is 11.0 Å². The summed E-state index contributed by atoms with van der Waals surface area (Å²) in [7, 11) is -4.46. The lowest BCUT2D eigenvalue weighted by atomic mass is 9.89. The van der Waals surface area contributed by atoms with Crippen molar-refractivity contribution in [2.75, 3.05) is 0 Å². The summed E-state index contributed by atoms with van der Waals surface area (Å²) in [5.74, 6) is -1.30. The minimum absolute atomic E-state index is 0.0704. The highest BCUT2D eigenvalue weighted by atomic mass is 31.2. The van der Waals surface area contributed by atoms with Crippen LogP contribution in [0.15, 0.2) is 21.7 Å². The van der Waals surface area contributed by atoms with Gasteiger partial charge >= 0.3 is 18.7 Å². The van der Waals surface area contributed by atoms with Crippen LogP contribution in [0.4, 0.5) is 5.69 Å². The van der Waals surface area contributed by atoms with E-state index in [4.69, 9.17) is 0 Å². The van der Waals surface area contributed by atoms with E-state index >= 15 is 0 Å². The molecule has 0 radical (unpaired) electrons. The molecule has 0 bridgehead atoms. The van der Waals surface area contributed by atoms with Gasteiger partial charge in [0.05, 0.1) is 16.0 Å². The highest BCUT2D eigenvalue weighted by molar-refractivity contribution is 7.52. The van der Waals surface area contributed by atoms with Crippen molar-refractivity contribution in [1.29, 1.82) is 0 Å². The third kappa shape index (κ3) is 4.39. The average Bonchev–Trinajstić information content (AvgIpc) is 2.62. The molecular formula is C16H21N4O7P. The van der Waals surface area contributed by atoms with Crippen LogP contribution in [0.1, 0.15) is 37.7 Å². The first kappa shape index (κ1) is 20.4. The Balaban J connectivity index is 1.98. The van der Waals surface area contributed by atoms with Gasteiger partial charge in [-0.15, -0.1) is 0 Å². The summed E-state index contributed by atoms with van der Waals surface area (Å²) in [5.41, 5.74) is -1.66. The molecule has 1 heterocycles. The third-order valence-electron chi connectivity index (χ3n) is 5.07. The van der Waals surface area contributed by atoms with Gasteiger partial charge in [-0.2, -0.15) is 0 Å². The number of hydrogen-bond acceptors (Lipinski definition) is 6. The number of rotatable bonds is 6. The van der Waals surface area contributed by atoms with Crippen LogP contribution in [0.5, 0.6) is 0 Å². The lowest BCUT2D eigenvalue weighted by molar-refractivity contribution is -0.384. The Kier molecular flexibility index (Phi) is 5.80. The SMILES string of the molecule is O=c1[nH]c2cc([N+](=O)[O-])cc(CNC(C3CCCCC3)P(=O)(O)O)c2[nH]c1=O. The molecule has 1 saturated carbocycles. The first-order chi connectivity index (χ1) is 13.2. The smallest absolute Gasteiger partial charge is 0.323 e. The van der Waals surface area contributed by atoms with Crippen molar-refractivity contribution in [3.8, 4) is 0 Å². The Morgan fingerprint density at radius 3 is 2.43 bits per heavy atom. The predicted octanol–water partition coefficient (Wildman–Crippen LogP) is 1.30. The topological polar surface area (TPSA) is 178 Å². The number of hydrogen-bond donors (Lipinski definition) is 5. The average molecular weight is 412 g/mol. The molecule has 152 valence electrons. The van der Waals surface area contributed by atoms with Crippen LogP contribution in [0, 0.1) is 16.0 Å². The fourth-order valence-corrected chi connectivity index (χ4v) is 4.93. The van der Waals surface area contributed by atoms with Gasteiger partial charge in [0.15, 0.2) is 0 Å². The highest BCUT2D eigenvalue weighted by Crippen LogP contribution is 2.47. The monoisotopic (exact) mass is 412 g/mol. The summed E-state index contributed by atoms with van der Waals surface area (Å²) in [6, 6.07) is 2.33. The van der Waals surface area contributed by atoms with Crippen molar-refractivity contribution in [3.63, 3.8) is 0 Å². The molecule has 0 amide bonds. The van der Waals surface area contributed by atoms with Crippen LogP contribution < -0.4 is 16.4 Å². The summed E-state index contributed by atoms with van der Waals surface area (Å²) in [6.45, 7) is -0.119.